The molecule has 0 amide bonds. The molecular weight excluding hydrogens is 256 g/mol. The number of hydrogen-bond donors (Lipinski definition) is 0. The zero-order chi connectivity index (χ0) is 15.5. The highest BCUT2D eigenvalue weighted by molar-refractivity contribution is 6.09. The molecule has 0 spiro atoms. The van der Waals surface area contributed by atoms with Crippen molar-refractivity contribution in [2.45, 2.75) is 40.2 Å². The molecule has 1 aromatic rings. The second-order valence-corrected chi connectivity index (χ2v) is 5.82. The minimum atomic E-state index is -0.856. The maximum Gasteiger partial charge on any atom is 0.317 e. The standard InChI is InChI=1S/C16H22O4/c1-10-7-8-12(13(9-10)19-6)14(17)11(2)15(18)20-16(3,4)5/h7-9,11H,1-6H3. The van der Waals surface area contributed by atoms with Crippen LogP contribution in [0.3, 0.4) is 0 Å². The molecule has 0 radical (unpaired) electrons. The molecule has 1 atom stereocenters. The minimum Gasteiger partial charge on any atom is -0.496 e. The summed E-state index contributed by atoms with van der Waals surface area (Å²) in [5.74, 6) is -1.20. The van der Waals surface area contributed by atoms with E-state index in [9.17, 15) is 9.59 Å². The molecule has 0 aromatic heterocycles. The van der Waals surface area contributed by atoms with Crippen molar-refractivity contribution in [3.8, 4) is 5.75 Å². The Kier molecular flexibility index (Phi) is 4.93. The number of carbonyl (C=O) groups is 2. The quantitative estimate of drug-likeness (QED) is 0.482. The first-order chi connectivity index (χ1) is 9.15. The Morgan fingerprint density at radius 1 is 1.20 bits per heavy atom. The van der Waals surface area contributed by atoms with Gasteiger partial charge >= 0.3 is 5.97 Å². The second kappa shape index (κ2) is 6.07. The van der Waals surface area contributed by atoms with E-state index in [0.717, 1.165) is 5.56 Å². The number of ketones is 1. The van der Waals surface area contributed by atoms with Crippen LogP contribution in [0.15, 0.2) is 18.2 Å². The maximum atomic E-state index is 12.4. The Hall–Kier alpha value is -1.84. The first-order valence-electron chi connectivity index (χ1n) is 6.57. The summed E-state index contributed by atoms with van der Waals surface area (Å²) >= 11 is 0. The van der Waals surface area contributed by atoms with Crippen LogP contribution in [0, 0.1) is 12.8 Å². The highest BCUT2D eigenvalue weighted by Crippen LogP contribution is 2.24. The molecule has 110 valence electrons. The third-order valence-electron chi connectivity index (χ3n) is 2.78. The Morgan fingerprint density at radius 3 is 2.30 bits per heavy atom. The highest BCUT2D eigenvalue weighted by Gasteiger charge is 2.29. The lowest BCUT2D eigenvalue weighted by atomic mass is 9.97. The van der Waals surface area contributed by atoms with Crippen molar-refractivity contribution < 1.29 is 19.1 Å². The number of benzene rings is 1. The summed E-state index contributed by atoms with van der Waals surface area (Å²) < 4.78 is 10.4. The lowest BCUT2D eigenvalue weighted by Crippen LogP contribution is -2.31. The van der Waals surface area contributed by atoms with Crippen LogP contribution in [0.5, 0.6) is 5.75 Å². The average molecular weight is 278 g/mol. The van der Waals surface area contributed by atoms with E-state index in [4.69, 9.17) is 9.47 Å². The van der Waals surface area contributed by atoms with Gasteiger partial charge in [0.25, 0.3) is 0 Å². The van der Waals surface area contributed by atoms with Gasteiger partial charge in [-0.3, -0.25) is 9.59 Å². The van der Waals surface area contributed by atoms with Gasteiger partial charge in [0.1, 0.15) is 17.3 Å². The summed E-state index contributed by atoms with van der Waals surface area (Å²) in [5.41, 5.74) is 0.781. The van der Waals surface area contributed by atoms with Gasteiger partial charge in [-0.25, -0.2) is 0 Å². The van der Waals surface area contributed by atoms with Crippen molar-refractivity contribution >= 4 is 11.8 Å². The number of aryl methyl sites for hydroxylation is 1. The van der Waals surface area contributed by atoms with Gasteiger partial charge in [0.15, 0.2) is 5.78 Å². The van der Waals surface area contributed by atoms with Crippen molar-refractivity contribution in [3.63, 3.8) is 0 Å². The van der Waals surface area contributed by atoms with Gasteiger partial charge in [-0.15, -0.1) is 0 Å². The van der Waals surface area contributed by atoms with Crippen molar-refractivity contribution in [1.82, 2.24) is 0 Å². The average Bonchev–Trinajstić information content (AvgIpc) is 2.34. The van der Waals surface area contributed by atoms with Crippen LogP contribution in [0.1, 0.15) is 43.6 Å². The third-order valence-corrected chi connectivity index (χ3v) is 2.78. The van der Waals surface area contributed by atoms with E-state index in [1.54, 1.807) is 39.8 Å². The van der Waals surface area contributed by atoms with Gasteiger partial charge in [0.05, 0.1) is 12.7 Å². The van der Waals surface area contributed by atoms with E-state index in [0.29, 0.717) is 11.3 Å². The molecule has 4 heteroatoms. The van der Waals surface area contributed by atoms with Crippen LogP contribution in [0.4, 0.5) is 0 Å². The first-order valence-corrected chi connectivity index (χ1v) is 6.57. The van der Waals surface area contributed by atoms with Crippen LogP contribution in [-0.4, -0.2) is 24.5 Å². The fraction of sp³-hybridized carbons (Fsp3) is 0.500. The minimum absolute atomic E-state index is 0.295. The number of rotatable bonds is 4. The van der Waals surface area contributed by atoms with Crippen LogP contribution in [-0.2, 0) is 9.53 Å². The Labute approximate surface area is 120 Å². The first kappa shape index (κ1) is 16.2. The molecule has 0 fully saturated rings. The van der Waals surface area contributed by atoms with Gasteiger partial charge < -0.3 is 9.47 Å². The molecule has 0 bridgehead atoms. The summed E-state index contributed by atoms with van der Waals surface area (Å²) in [6, 6.07) is 5.27. The molecular formula is C16H22O4. The third kappa shape index (κ3) is 4.08. The zero-order valence-corrected chi connectivity index (χ0v) is 12.9. The van der Waals surface area contributed by atoms with Crippen molar-refractivity contribution in [3.05, 3.63) is 29.3 Å². The molecule has 0 N–H and O–H groups in total. The summed E-state index contributed by atoms with van der Waals surface area (Å²) in [4.78, 5) is 24.3. The monoisotopic (exact) mass is 278 g/mol. The lowest BCUT2D eigenvalue weighted by Gasteiger charge is -2.22. The highest BCUT2D eigenvalue weighted by atomic mass is 16.6. The van der Waals surface area contributed by atoms with Crippen LogP contribution >= 0.6 is 0 Å². The summed E-state index contributed by atoms with van der Waals surface area (Å²) in [7, 11) is 1.50. The molecule has 0 aliphatic heterocycles. The molecule has 20 heavy (non-hydrogen) atoms. The van der Waals surface area contributed by atoms with Crippen molar-refractivity contribution in [2.75, 3.05) is 7.11 Å². The number of Topliss-reactive ketones (excluding diaryl/α,β-unsaturated/α-hetero) is 1. The Bertz CT molecular complexity index is 512. The van der Waals surface area contributed by atoms with Gasteiger partial charge in [-0.2, -0.15) is 0 Å². The van der Waals surface area contributed by atoms with Gasteiger partial charge in [0, 0.05) is 0 Å². The van der Waals surface area contributed by atoms with E-state index in [1.807, 2.05) is 13.0 Å². The SMILES string of the molecule is COc1cc(C)ccc1C(=O)C(C)C(=O)OC(C)(C)C. The fourth-order valence-corrected chi connectivity index (χ4v) is 1.73. The number of ether oxygens (including phenoxy) is 2. The van der Waals surface area contributed by atoms with E-state index in [2.05, 4.69) is 0 Å². The molecule has 0 aliphatic carbocycles. The number of esters is 1. The van der Waals surface area contributed by atoms with E-state index >= 15 is 0 Å². The van der Waals surface area contributed by atoms with Gasteiger partial charge in [-0.1, -0.05) is 6.07 Å². The van der Waals surface area contributed by atoms with E-state index < -0.39 is 17.5 Å². The molecule has 0 saturated heterocycles. The maximum absolute atomic E-state index is 12.4. The van der Waals surface area contributed by atoms with E-state index in [1.165, 1.54) is 7.11 Å². The fourth-order valence-electron chi connectivity index (χ4n) is 1.73. The molecule has 0 aliphatic rings. The normalized spacial score (nSPS) is 12.7. The summed E-state index contributed by atoms with van der Waals surface area (Å²) in [5, 5.41) is 0. The van der Waals surface area contributed by atoms with E-state index in [-0.39, 0.29) is 5.78 Å². The molecule has 1 unspecified atom stereocenters. The van der Waals surface area contributed by atoms with Crippen molar-refractivity contribution in [2.24, 2.45) is 5.92 Å². The van der Waals surface area contributed by atoms with Gasteiger partial charge in [0.2, 0.25) is 0 Å². The molecule has 1 aromatic carbocycles. The summed E-state index contributed by atoms with van der Waals surface area (Å²) in [6.45, 7) is 8.78. The zero-order valence-electron chi connectivity index (χ0n) is 12.9. The van der Waals surface area contributed by atoms with Crippen molar-refractivity contribution in [1.29, 1.82) is 0 Å². The molecule has 0 saturated carbocycles. The summed E-state index contributed by atoms with van der Waals surface area (Å²) in [6.07, 6.45) is 0. The largest absolute Gasteiger partial charge is 0.496 e. The Balaban J connectivity index is 2.97. The Morgan fingerprint density at radius 2 is 1.80 bits per heavy atom. The molecule has 1 rings (SSSR count). The molecule has 0 heterocycles. The van der Waals surface area contributed by atoms with Crippen LogP contribution in [0.2, 0.25) is 0 Å². The second-order valence-electron chi connectivity index (χ2n) is 5.82. The lowest BCUT2D eigenvalue weighted by molar-refractivity contribution is -0.157. The number of carbonyl (C=O) groups excluding carboxylic acids is 2. The van der Waals surface area contributed by atoms with Crippen LogP contribution in [0.25, 0.3) is 0 Å². The number of hydrogen-bond acceptors (Lipinski definition) is 4. The number of methoxy groups -OCH3 is 1. The van der Waals surface area contributed by atoms with Gasteiger partial charge in [-0.05, 0) is 52.3 Å². The van der Waals surface area contributed by atoms with Crippen LogP contribution < -0.4 is 4.74 Å². The predicted octanol–water partition coefficient (Wildman–Crippen LogP) is 3.16. The molecule has 4 nitrogen and oxygen atoms in total. The smallest absolute Gasteiger partial charge is 0.317 e. The predicted molar refractivity (Wildman–Crippen MR) is 77.1 cm³/mol. The topological polar surface area (TPSA) is 52.6 Å².